The number of aryl methyl sites for hydroxylation is 2. The first kappa shape index (κ1) is 13.0. The highest BCUT2D eigenvalue weighted by atomic mass is 32.1. The summed E-state index contributed by atoms with van der Waals surface area (Å²) in [4.78, 5) is 20.1. The molecule has 2 aliphatic rings. The van der Waals surface area contributed by atoms with E-state index in [9.17, 15) is 4.79 Å². The Bertz CT molecular complexity index is 430. The van der Waals surface area contributed by atoms with Gasteiger partial charge < -0.3 is 10.6 Å². The van der Waals surface area contributed by atoms with Crippen LogP contribution in [0.15, 0.2) is 0 Å². The topological polar surface area (TPSA) is 57.3 Å². The van der Waals surface area contributed by atoms with Crippen LogP contribution in [-0.2, 0) is 17.6 Å². The zero-order chi connectivity index (χ0) is 13.1. The predicted molar refractivity (Wildman–Crippen MR) is 76.7 cm³/mol. The number of nitrogens with one attached hydrogen (secondary N) is 2. The fourth-order valence-electron chi connectivity index (χ4n) is 2.64. The molecular weight excluding hydrogens is 260 g/mol. The molecule has 1 aliphatic carbocycles. The molecule has 1 aliphatic heterocycles. The summed E-state index contributed by atoms with van der Waals surface area (Å²) in [7, 11) is 0. The fraction of sp³-hybridized carbons (Fsp3) is 0.692. The molecule has 0 unspecified atom stereocenters. The molecule has 5 nitrogen and oxygen atoms in total. The van der Waals surface area contributed by atoms with Gasteiger partial charge in [-0.1, -0.05) is 0 Å². The summed E-state index contributed by atoms with van der Waals surface area (Å²) in [5.41, 5.74) is 1.20. The molecule has 1 aromatic rings. The number of hydrogen-bond acceptors (Lipinski definition) is 5. The lowest BCUT2D eigenvalue weighted by molar-refractivity contribution is -0.117. The van der Waals surface area contributed by atoms with Gasteiger partial charge in [-0.25, -0.2) is 4.98 Å². The van der Waals surface area contributed by atoms with Crippen LogP contribution in [-0.4, -0.2) is 48.5 Å². The molecule has 0 aromatic carbocycles. The molecule has 0 saturated carbocycles. The molecule has 1 fully saturated rings. The Morgan fingerprint density at radius 3 is 2.89 bits per heavy atom. The summed E-state index contributed by atoms with van der Waals surface area (Å²) in [6, 6.07) is 0. The Kier molecular flexibility index (Phi) is 4.10. The van der Waals surface area contributed by atoms with E-state index in [1.807, 2.05) is 0 Å². The van der Waals surface area contributed by atoms with Crippen molar-refractivity contribution in [1.29, 1.82) is 0 Å². The van der Waals surface area contributed by atoms with Crippen LogP contribution in [0.4, 0.5) is 5.13 Å². The molecule has 2 N–H and O–H groups in total. The minimum atomic E-state index is 0.0630. The van der Waals surface area contributed by atoms with E-state index in [4.69, 9.17) is 0 Å². The third kappa shape index (κ3) is 3.32. The molecule has 1 aromatic heterocycles. The van der Waals surface area contributed by atoms with Gasteiger partial charge in [-0.15, -0.1) is 11.3 Å². The number of fused-ring (bicyclic) bond motifs is 1. The number of thiazole rings is 1. The highest BCUT2D eigenvalue weighted by Crippen LogP contribution is 2.29. The standard InChI is InChI=1S/C13H20N4OS/c18-12(9-17-7-5-14-6-8-17)16-13-15-10-3-1-2-4-11(10)19-13/h14H,1-9H2,(H,15,16,18). The molecule has 0 radical (unpaired) electrons. The Balaban J connectivity index is 1.55. The van der Waals surface area contributed by atoms with Gasteiger partial charge in [0.1, 0.15) is 0 Å². The summed E-state index contributed by atoms with van der Waals surface area (Å²) in [5.74, 6) is 0.0630. The van der Waals surface area contributed by atoms with E-state index < -0.39 is 0 Å². The summed E-state index contributed by atoms with van der Waals surface area (Å²) in [6.07, 6.45) is 4.68. The SMILES string of the molecule is O=C(CN1CCNCC1)Nc1nc2c(s1)CCCC2. The van der Waals surface area contributed by atoms with Crippen LogP contribution in [0, 0.1) is 0 Å². The van der Waals surface area contributed by atoms with E-state index >= 15 is 0 Å². The summed E-state index contributed by atoms with van der Waals surface area (Å²) in [5, 5.41) is 7.02. The minimum absolute atomic E-state index is 0.0630. The molecule has 3 rings (SSSR count). The third-order valence-corrected chi connectivity index (χ3v) is 4.74. The van der Waals surface area contributed by atoms with Crippen LogP contribution in [0.5, 0.6) is 0 Å². The van der Waals surface area contributed by atoms with E-state index in [-0.39, 0.29) is 5.91 Å². The smallest absolute Gasteiger partial charge is 0.240 e. The second-order valence-corrected chi connectivity index (χ2v) is 6.25. The number of carbonyl (C=O) groups is 1. The fourth-order valence-corrected chi connectivity index (χ4v) is 3.70. The quantitative estimate of drug-likeness (QED) is 0.862. The van der Waals surface area contributed by atoms with Crippen molar-refractivity contribution in [2.24, 2.45) is 0 Å². The molecule has 6 heteroatoms. The first-order valence-corrected chi connectivity index (χ1v) is 7.84. The zero-order valence-electron chi connectivity index (χ0n) is 11.1. The Morgan fingerprint density at radius 1 is 1.32 bits per heavy atom. The van der Waals surface area contributed by atoms with Crippen molar-refractivity contribution in [3.8, 4) is 0 Å². The average molecular weight is 280 g/mol. The number of aromatic nitrogens is 1. The molecular formula is C13H20N4OS. The summed E-state index contributed by atoms with van der Waals surface area (Å²) in [6.45, 7) is 4.31. The van der Waals surface area contributed by atoms with Crippen molar-refractivity contribution in [3.05, 3.63) is 10.6 Å². The van der Waals surface area contributed by atoms with Gasteiger partial charge in [0.15, 0.2) is 5.13 Å². The molecule has 1 amide bonds. The molecule has 2 heterocycles. The lowest BCUT2D eigenvalue weighted by Gasteiger charge is -2.26. The van der Waals surface area contributed by atoms with Crippen molar-refractivity contribution < 1.29 is 4.79 Å². The number of hydrogen-bond donors (Lipinski definition) is 2. The van der Waals surface area contributed by atoms with Crippen LogP contribution in [0.1, 0.15) is 23.4 Å². The maximum Gasteiger partial charge on any atom is 0.240 e. The number of amides is 1. The van der Waals surface area contributed by atoms with Crippen molar-refractivity contribution in [2.45, 2.75) is 25.7 Å². The normalized spacial score (nSPS) is 20.0. The zero-order valence-corrected chi connectivity index (χ0v) is 11.9. The molecule has 0 atom stereocenters. The number of rotatable bonds is 3. The maximum atomic E-state index is 12.0. The van der Waals surface area contributed by atoms with Crippen molar-refractivity contribution in [2.75, 3.05) is 38.0 Å². The van der Waals surface area contributed by atoms with E-state index in [2.05, 4.69) is 20.5 Å². The highest BCUT2D eigenvalue weighted by molar-refractivity contribution is 7.15. The van der Waals surface area contributed by atoms with E-state index in [1.54, 1.807) is 11.3 Å². The Labute approximate surface area is 117 Å². The maximum absolute atomic E-state index is 12.0. The van der Waals surface area contributed by atoms with Gasteiger partial charge in [-0.2, -0.15) is 0 Å². The van der Waals surface area contributed by atoms with E-state index in [0.29, 0.717) is 6.54 Å². The molecule has 0 bridgehead atoms. The van der Waals surface area contributed by atoms with Gasteiger partial charge in [0.2, 0.25) is 5.91 Å². The molecule has 104 valence electrons. The first-order chi connectivity index (χ1) is 9.31. The number of piperazine rings is 1. The summed E-state index contributed by atoms with van der Waals surface area (Å²) >= 11 is 1.65. The van der Waals surface area contributed by atoms with E-state index in [1.165, 1.54) is 23.4 Å². The van der Waals surface area contributed by atoms with Crippen molar-refractivity contribution in [3.63, 3.8) is 0 Å². The van der Waals surface area contributed by atoms with Crippen LogP contribution in [0.3, 0.4) is 0 Å². The minimum Gasteiger partial charge on any atom is -0.314 e. The lowest BCUT2D eigenvalue weighted by Crippen LogP contribution is -2.46. The number of anilines is 1. The number of nitrogens with zero attached hydrogens (tertiary/aromatic N) is 2. The second-order valence-electron chi connectivity index (χ2n) is 5.17. The van der Waals surface area contributed by atoms with Gasteiger partial charge in [-0.05, 0) is 25.7 Å². The monoisotopic (exact) mass is 280 g/mol. The van der Waals surface area contributed by atoms with Gasteiger partial charge in [0.25, 0.3) is 0 Å². The largest absolute Gasteiger partial charge is 0.314 e. The van der Waals surface area contributed by atoms with Gasteiger partial charge in [-0.3, -0.25) is 9.69 Å². The van der Waals surface area contributed by atoms with Crippen molar-refractivity contribution in [1.82, 2.24) is 15.2 Å². The van der Waals surface area contributed by atoms with E-state index in [0.717, 1.165) is 44.2 Å². The highest BCUT2D eigenvalue weighted by Gasteiger charge is 2.18. The Hall–Kier alpha value is -0.980. The Morgan fingerprint density at radius 2 is 2.11 bits per heavy atom. The molecule has 0 spiro atoms. The third-order valence-electron chi connectivity index (χ3n) is 3.67. The van der Waals surface area contributed by atoms with Crippen LogP contribution < -0.4 is 10.6 Å². The van der Waals surface area contributed by atoms with Gasteiger partial charge in [0.05, 0.1) is 12.2 Å². The second kappa shape index (κ2) is 5.98. The first-order valence-electron chi connectivity index (χ1n) is 7.03. The van der Waals surface area contributed by atoms with Crippen LogP contribution in [0.2, 0.25) is 0 Å². The lowest BCUT2D eigenvalue weighted by atomic mass is 10.0. The number of carbonyl (C=O) groups excluding carboxylic acids is 1. The van der Waals surface area contributed by atoms with Gasteiger partial charge >= 0.3 is 0 Å². The average Bonchev–Trinajstić information content (AvgIpc) is 2.81. The molecule has 1 saturated heterocycles. The predicted octanol–water partition coefficient (Wildman–Crippen LogP) is 0.866. The van der Waals surface area contributed by atoms with Gasteiger partial charge in [0, 0.05) is 31.1 Å². The summed E-state index contributed by atoms with van der Waals surface area (Å²) < 4.78 is 0. The van der Waals surface area contributed by atoms with Crippen LogP contribution in [0.25, 0.3) is 0 Å². The van der Waals surface area contributed by atoms with Crippen molar-refractivity contribution >= 4 is 22.4 Å². The van der Waals surface area contributed by atoms with Crippen LogP contribution >= 0.6 is 11.3 Å². The molecule has 19 heavy (non-hydrogen) atoms.